The predicted octanol–water partition coefficient (Wildman–Crippen LogP) is 1.58. The summed E-state index contributed by atoms with van der Waals surface area (Å²) in [6.45, 7) is 0. The molecule has 0 aromatic rings. The summed E-state index contributed by atoms with van der Waals surface area (Å²) in [5.41, 5.74) is 1.09. The van der Waals surface area contributed by atoms with Gasteiger partial charge in [0.1, 0.15) is 0 Å². The summed E-state index contributed by atoms with van der Waals surface area (Å²) in [5, 5.41) is 8.19. The summed E-state index contributed by atoms with van der Waals surface area (Å²) < 4.78 is 0. The van der Waals surface area contributed by atoms with Crippen molar-refractivity contribution in [3.8, 4) is 23.7 Å². The normalized spacial score (nSPS) is 14.3. The first kappa shape index (κ1) is 9.42. The van der Waals surface area contributed by atoms with Gasteiger partial charge in [-0.15, -0.1) is 0 Å². The van der Waals surface area contributed by atoms with Gasteiger partial charge < -0.3 is 5.11 Å². The fourth-order valence-electron chi connectivity index (χ4n) is 1.15. The molecule has 0 heterocycles. The van der Waals surface area contributed by atoms with Crippen LogP contribution in [0.2, 0.25) is 0 Å². The second kappa shape index (κ2) is 5.06. The molecule has 0 spiro atoms. The minimum absolute atomic E-state index is 1.00. The van der Waals surface area contributed by atoms with Crippen LogP contribution in [-0.4, -0.2) is 11.1 Å². The van der Waals surface area contributed by atoms with Crippen molar-refractivity contribution in [1.82, 2.24) is 0 Å². The van der Waals surface area contributed by atoms with Crippen molar-refractivity contribution in [2.24, 2.45) is 0 Å². The fourth-order valence-corrected chi connectivity index (χ4v) is 1.15. The van der Waals surface area contributed by atoms with Crippen LogP contribution in [0.1, 0.15) is 25.7 Å². The second-order valence-corrected chi connectivity index (χ2v) is 2.78. The van der Waals surface area contributed by atoms with E-state index in [2.05, 4.69) is 23.8 Å². The molecule has 0 aliphatic heterocycles. The minimum Gasteiger partial charge on any atom is -0.472 e. The van der Waals surface area contributed by atoms with E-state index in [4.69, 9.17) is 5.11 Å². The van der Waals surface area contributed by atoms with E-state index < -0.39 is 5.97 Å². The largest absolute Gasteiger partial charge is 0.472 e. The topological polar surface area (TPSA) is 37.3 Å². The van der Waals surface area contributed by atoms with E-state index in [1.807, 2.05) is 5.92 Å². The molecule has 0 saturated carbocycles. The van der Waals surface area contributed by atoms with Crippen molar-refractivity contribution in [3.05, 3.63) is 11.6 Å². The highest BCUT2D eigenvalue weighted by Crippen LogP contribution is 2.15. The second-order valence-electron chi connectivity index (χ2n) is 2.78. The fraction of sp³-hybridized carbons (Fsp3) is 0.364. The molecule has 0 radical (unpaired) electrons. The highest BCUT2D eigenvalue weighted by molar-refractivity contribution is 5.87. The van der Waals surface area contributed by atoms with Crippen molar-refractivity contribution < 1.29 is 9.90 Å². The van der Waals surface area contributed by atoms with Crippen LogP contribution in [0.25, 0.3) is 0 Å². The van der Waals surface area contributed by atoms with Crippen molar-refractivity contribution in [2.45, 2.75) is 25.7 Å². The van der Waals surface area contributed by atoms with Gasteiger partial charge in [0.2, 0.25) is 0 Å². The Morgan fingerprint density at radius 1 is 1.38 bits per heavy atom. The monoisotopic (exact) mass is 174 g/mol. The van der Waals surface area contributed by atoms with Crippen molar-refractivity contribution in [1.29, 1.82) is 0 Å². The molecule has 0 bridgehead atoms. The Labute approximate surface area is 77.6 Å². The molecule has 0 aromatic carbocycles. The van der Waals surface area contributed by atoms with Gasteiger partial charge in [-0.05, 0) is 43.1 Å². The molecule has 1 aliphatic carbocycles. The SMILES string of the molecule is O=C(O)C#CC#CC1=CCCCC1. The van der Waals surface area contributed by atoms with Crippen molar-refractivity contribution in [2.75, 3.05) is 0 Å². The van der Waals surface area contributed by atoms with Crippen LogP contribution < -0.4 is 0 Å². The maximum atomic E-state index is 9.99. The highest BCUT2D eigenvalue weighted by Gasteiger charge is 1.98. The Kier molecular flexibility index (Phi) is 3.67. The third kappa shape index (κ3) is 4.03. The zero-order chi connectivity index (χ0) is 9.52. The lowest BCUT2D eigenvalue weighted by Gasteiger charge is -2.04. The Morgan fingerprint density at radius 3 is 2.85 bits per heavy atom. The summed E-state index contributed by atoms with van der Waals surface area (Å²) in [6, 6.07) is 0. The van der Waals surface area contributed by atoms with Crippen LogP contribution >= 0.6 is 0 Å². The first-order valence-electron chi connectivity index (χ1n) is 4.23. The smallest absolute Gasteiger partial charge is 0.382 e. The van der Waals surface area contributed by atoms with Crippen LogP contribution in [-0.2, 0) is 4.79 Å². The average molecular weight is 174 g/mol. The summed E-state index contributed by atoms with van der Waals surface area (Å²) in [5.74, 6) is 8.48. The van der Waals surface area contributed by atoms with Crippen LogP contribution in [0, 0.1) is 23.7 Å². The van der Waals surface area contributed by atoms with E-state index in [0.29, 0.717) is 0 Å². The molecule has 0 fully saturated rings. The first-order valence-corrected chi connectivity index (χ1v) is 4.23. The van der Waals surface area contributed by atoms with Gasteiger partial charge in [0.25, 0.3) is 0 Å². The van der Waals surface area contributed by atoms with Gasteiger partial charge in [-0.25, -0.2) is 4.79 Å². The summed E-state index contributed by atoms with van der Waals surface area (Å²) in [6.07, 6.45) is 6.58. The number of carboxylic acid groups (broad SMARTS) is 1. The molecular weight excluding hydrogens is 164 g/mol. The number of carbonyl (C=O) groups is 1. The van der Waals surface area contributed by atoms with Gasteiger partial charge in [0.05, 0.1) is 0 Å². The third-order valence-electron chi connectivity index (χ3n) is 1.75. The molecule has 0 saturated heterocycles. The Bertz CT molecular complexity index is 342. The van der Waals surface area contributed by atoms with E-state index in [-0.39, 0.29) is 0 Å². The van der Waals surface area contributed by atoms with Gasteiger partial charge in [-0.3, -0.25) is 0 Å². The zero-order valence-corrected chi connectivity index (χ0v) is 7.26. The van der Waals surface area contributed by atoms with E-state index in [0.717, 1.165) is 18.4 Å². The lowest BCUT2D eigenvalue weighted by molar-refractivity contribution is -0.130. The van der Waals surface area contributed by atoms with E-state index >= 15 is 0 Å². The van der Waals surface area contributed by atoms with Crippen LogP contribution in [0.4, 0.5) is 0 Å². The molecule has 2 nitrogen and oxygen atoms in total. The molecule has 1 rings (SSSR count). The van der Waals surface area contributed by atoms with Gasteiger partial charge >= 0.3 is 5.97 Å². The molecule has 1 aliphatic rings. The van der Waals surface area contributed by atoms with Gasteiger partial charge in [-0.1, -0.05) is 12.0 Å². The zero-order valence-electron chi connectivity index (χ0n) is 7.26. The standard InChI is InChI=1S/C11H10O2/c12-11(13)9-5-4-8-10-6-2-1-3-7-10/h6H,1-3,7H2,(H,12,13). The van der Waals surface area contributed by atoms with Gasteiger partial charge in [0, 0.05) is 5.92 Å². The van der Waals surface area contributed by atoms with Crippen molar-refractivity contribution in [3.63, 3.8) is 0 Å². The molecule has 0 aromatic heterocycles. The van der Waals surface area contributed by atoms with Crippen LogP contribution in [0.3, 0.4) is 0 Å². The maximum Gasteiger partial charge on any atom is 0.382 e. The van der Waals surface area contributed by atoms with Crippen LogP contribution in [0.15, 0.2) is 11.6 Å². The number of hydrogen-bond donors (Lipinski definition) is 1. The first-order chi connectivity index (χ1) is 6.29. The Balaban J connectivity index is 2.52. The molecule has 0 unspecified atom stereocenters. The minimum atomic E-state index is -1.13. The van der Waals surface area contributed by atoms with Gasteiger partial charge in [-0.2, -0.15) is 0 Å². The summed E-state index contributed by atoms with van der Waals surface area (Å²) in [7, 11) is 0. The number of aliphatic carboxylic acids is 1. The highest BCUT2D eigenvalue weighted by atomic mass is 16.4. The number of carboxylic acids is 1. The Hall–Kier alpha value is -1.67. The summed E-state index contributed by atoms with van der Waals surface area (Å²) in [4.78, 5) is 9.99. The summed E-state index contributed by atoms with van der Waals surface area (Å²) >= 11 is 0. The molecule has 13 heavy (non-hydrogen) atoms. The van der Waals surface area contributed by atoms with Crippen LogP contribution in [0.5, 0.6) is 0 Å². The third-order valence-corrected chi connectivity index (χ3v) is 1.75. The van der Waals surface area contributed by atoms with Gasteiger partial charge in [0.15, 0.2) is 0 Å². The van der Waals surface area contributed by atoms with E-state index in [1.165, 1.54) is 12.8 Å². The molecule has 66 valence electrons. The Morgan fingerprint density at radius 2 is 2.23 bits per heavy atom. The molecule has 1 N–H and O–H groups in total. The average Bonchev–Trinajstić information content (AvgIpc) is 2.14. The lowest BCUT2D eigenvalue weighted by atomic mass is 10.0. The molecule has 2 heteroatoms. The lowest BCUT2D eigenvalue weighted by Crippen LogP contribution is -1.88. The number of hydrogen-bond acceptors (Lipinski definition) is 1. The quantitative estimate of drug-likeness (QED) is 0.566. The maximum absolute atomic E-state index is 9.99. The number of rotatable bonds is 0. The van der Waals surface area contributed by atoms with E-state index in [9.17, 15) is 4.79 Å². The molecule has 0 amide bonds. The van der Waals surface area contributed by atoms with E-state index in [1.54, 1.807) is 0 Å². The number of allylic oxidation sites excluding steroid dienone is 2. The van der Waals surface area contributed by atoms with Crippen molar-refractivity contribution >= 4 is 5.97 Å². The predicted molar refractivity (Wildman–Crippen MR) is 49.7 cm³/mol. The molecular formula is C11H10O2. The molecule has 0 atom stereocenters.